The van der Waals surface area contributed by atoms with E-state index in [2.05, 4.69) is 5.32 Å². The summed E-state index contributed by atoms with van der Waals surface area (Å²) in [6.07, 6.45) is 0.682. The number of aryl methyl sites for hydroxylation is 1. The topological polar surface area (TPSA) is 98.3 Å². The maximum atomic E-state index is 12.0. The van der Waals surface area contributed by atoms with Crippen LogP contribution in [0.3, 0.4) is 0 Å². The highest BCUT2D eigenvalue weighted by molar-refractivity contribution is 5.98. The van der Waals surface area contributed by atoms with Crippen LogP contribution in [0.4, 0.5) is 5.69 Å². The number of amides is 1. The van der Waals surface area contributed by atoms with E-state index in [9.17, 15) is 14.9 Å². The van der Waals surface area contributed by atoms with Crippen LogP contribution in [-0.4, -0.2) is 23.4 Å². The normalized spacial score (nSPS) is 11.9. The number of nitrogens with one attached hydrogen (secondary N) is 1. The lowest BCUT2D eigenvalue weighted by molar-refractivity contribution is -0.385. The summed E-state index contributed by atoms with van der Waals surface area (Å²) in [5.74, 6) is -0.456. The van der Waals surface area contributed by atoms with E-state index in [-0.39, 0.29) is 17.3 Å². The van der Waals surface area contributed by atoms with Gasteiger partial charge in [-0.3, -0.25) is 14.9 Å². The van der Waals surface area contributed by atoms with Crippen LogP contribution in [0, 0.1) is 17.0 Å². The van der Waals surface area contributed by atoms with Crippen LogP contribution in [0.2, 0.25) is 0 Å². The van der Waals surface area contributed by atoms with Crippen molar-refractivity contribution in [3.8, 4) is 0 Å². The van der Waals surface area contributed by atoms with Crippen molar-refractivity contribution >= 4 is 11.6 Å². The molecule has 1 amide bonds. The largest absolute Gasteiger partial charge is 0.348 e. The Morgan fingerprint density at radius 1 is 1.56 bits per heavy atom. The van der Waals surface area contributed by atoms with Gasteiger partial charge in [0.05, 0.1) is 4.92 Å². The number of carbonyl (C=O) groups is 1. The molecule has 0 saturated heterocycles. The zero-order chi connectivity index (χ0) is 13.7. The Kier molecular flexibility index (Phi) is 4.79. The molecule has 0 radical (unpaired) electrons. The third-order valence-electron chi connectivity index (χ3n) is 2.71. The second-order valence-electron chi connectivity index (χ2n) is 4.09. The molecule has 0 aliphatic rings. The van der Waals surface area contributed by atoms with E-state index in [1.165, 1.54) is 12.1 Å². The number of nitrogens with two attached hydrogens (primary N) is 1. The Morgan fingerprint density at radius 3 is 2.72 bits per heavy atom. The summed E-state index contributed by atoms with van der Waals surface area (Å²) in [7, 11) is 0. The molecule has 3 N–H and O–H groups in total. The minimum absolute atomic E-state index is 0.0758. The van der Waals surface area contributed by atoms with Crippen LogP contribution in [0.1, 0.15) is 29.3 Å². The Bertz CT molecular complexity index is 456. The van der Waals surface area contributed by atoms with Crippen molar-refractivity contribution in [3.63, 3.8) is 0 Å². The summed E-state index contributed by atoms with van der Waals surface area (Å²) in [6.45, 7) is 3.98. The maximum Gasteiger partial charge on any atom is 0.282 e. The minimum atomic E-state index is -0.558. The molecule has 0 saturated carbocycles. The lowest BCUT2D eigenvalue weighted by Crippen LogP contribution is -2.39. The number of nitro benzene ring substituents is 1. The zero-order valence-corrected chi connectivity index (χ0v) is 10.5. The molecule has 98 valence electrons. The van der Waals surface area contributed by atoms with Crippen molar-refractivity contribution in [3.05, 3.63) is 39.4 Å². The maximum absolute atomic E-state index is 12.0. The van der Waals surface area contributed by atoms with Crippen molar-refractivity contribution in [1.29, 1.82) is 0 Å². The molecule has 0 spiro atoms. The van der Waals surface area contributed by atoms with Crippen LogP contribution in [0.5, 0.6) is 0 Å². The zero-order valence-electron chi connectivity index (χ0n) is 10.5. The van der Waals surface area contributed by atoms with Gasteiger partial charge in [-0.1, -0.05) is 13.0 Å². The fraction of sp³-hybridized carbons (Fsp3) is 0.417. The Balaban J connectivity index is 3.03. The van der Waals surface area contributed by atoms with Crippen LogP contribution in [-0.2, 0) is 0 Å². The molecule has 0 aliphatic heterocycles. The molecule has 0 heterocycles. The molecule has 18 heavy (non-hydrogen) atoms. The van der Waals surface area contributed by atoms with E-state index in [4.69, 9.17) is 5.73 Å². The minimum Gasteiger partial charge on any atom is -0.348 e. The van der Waals surface area contributed by atoms with Crippen molar-refractivity contribution in [2.45, 2.75) is 26.3 Å². The summed E-state index contributed by atoms with van der Waals surface area (Å²) in [6, 6.07) is 4.29. The molecule has 1 aromatic carbocycles. The molecule has 0 fully saturated rings. The molecular formula is C12H17N3O3. The van der Waals surface area contributed by atoms with Gasteiger partial charge in [0.15, 0.2) is 0 Å². The molecule has 6 heteroatoms. The first-order valence-corrected chi connectivity index (χ1v) is 5.75. The molecule has 0 aromatic heterocycles. The fourth-order valence-electron chi connectivity index (χ4n) is 1.58. The standard InChI is InChI=1S/C12H17N3O3/c1-3-9(7-13)14-12(16)10-6-8(2)4-5-11(10)15(17)18/h4-6,9H,3,7,13H2,1-2H3,(H,14,16). The number of rotatable bonds is 5. The van der Waals surface area contributed by atoms with Crippen molar-refractivity contribution in [1.82, 2.24) is 5.32 Å². The van der Waals surface area contributed by atoms with Gasteiger partial charge in [0, 0.05) is 18.7 Å². The number of carbonyl (C=O) groups excluding carboxylic acids is 1. The molecule has 1 unspecified atom stereocenters. The average molecular weight is 251 g/mol. The number of nitro groups is 1. The third kappa shape index (κ3) is 3.27. The number of hydrogen-bond acceptors (Lipinski definition) is 4. The van der Waals surface area contributed by atoms with E-state index in [1.807, 2.05) is 6.92 Å². The van der Waals surface area contributed by atoms with Crippen molar-refractivity contribution in [2.75, 3.05) is 6.54 Å². The monoisotopic (exact) mass is 251 g/mol. The van der Waals surface area contributed by atoms with E-state index >= 15 is 0 Å². The summed E-state index contributed by atoms with van der Waals surface area (Å²) in [5.41, 5.74) is 6.17. The predicted molar refractivity (Wildman–Crippen MR) is 68.4 cm³/mol. The van der Waals surface area contributed by atoms with Gasteiger partial charge in [-0.25, -0.2) is 0 Å². The first-order valence-electron chi connectivity index (χ1n) is 5.75. The van der Waals surface area contributed by atoms with Crippen molar-refractivity contribution in [2.24, 2.45) is 5.73 Å². The van der Waals surface area contributed by atoms with Crippen LogP contribution >= 0.6 is 0 Å². The second kappa shape index (κ2) is 6.11. The van der Waals surface area contributed by atoms with Crippen LogP contribution in [0.15, 0.2) is 18.2 Å². The highest BCUT2D eigenvalue weighted by Gasteiger charge is 2.21. The molecule has 6 nitrogen and oxygen atoms in total. The summed E-state index contributed by atoms with van der Waals surface area (Å²) < 4.78 is 0. The van der Waals surface area contributed by atoms with Gasteiger partial charge in [-0.2, -0.15) is 0 Å². The number of benzene rings is 1. The SMILES string of the molecule is CCC(CN)NC(=O)c1cc(C)ccc1[N+](=O)[O-]. The molecule has 0 bridgehead atoms. The lowest BCUT2D eigenvalue weighted by atomic mass is 10.1. The Morgan fingerprint density at radius 2 is 2.22 bits per heavy atom. The first kappa shape index (κ1) is 14.1. The van der Waals surface area contributed by atoms with E-state index in [0.717, 1.165) is 5.56 Å². The van der Waals surface area contributed by atoms with E-state index in [1.54, 1.807) is 13.0 Å². The summed E-state index contributed by atoms with van der Waals surface area (Å²) in [4.78, 5) is 22.3. The van der Waals surface area contributed by atoms with Crippen molar-refractivity contribution < 1.29 is 9.72 Å². The molecule has 0 aliphatic carbocycles. The van der Waals surface area contributed by atoms with Gasteiger partial charge in [0.2, 0.25) is 0 Å². The van der Waals surface area contributed by atoms with E-state index < -0.39 is 10.8 Å². The number of hydrogen-bond donors (Lipinski definition) is 2. The average Bonchev–Trinajstić information content (AvgIpc) is 2.35. The van der Waals surface area contributed by atoms with Crippen LogP contribution in [0.25, 0.3) is 0 Å². The summed E-state index contributed by atoms with van der Waals surface area (Å²) >= 11 is 0. The van der Waals surface area contributed by atoms with Gasteiger partial charge in [0.25, 0.3) is 11.6 Å². The van der Waals surface area contributed by atoms with Gasteiger partial charge in [-0.15, -0.1) is 0 Å². The van der Waals surface area contributed by atoms with Gasteiger partial charge >= 0.3 is 0 Å². The quantitative estimate of drug-likeness (QED) is 0.610. The highest BCUT2D eigenvalue weighted by atomic mass is 16.6. The Hall–Kier alpha value is -1.95. The third-order valence-corrected chi connectivity index (χ3v) is 2.71. The summed E-state index contributed by atoms with van der Waals surface area (Å²) in [5, 5.41) is 13.5. The molecule has 1 rings (SSSR count). The first-order chi connectivity index (χ1) is 8.49. The van der Waals surface area contributed by atoms with Gasteiger partial charge in [-0.05, 0) is 25.0 Å². The van der Waals surface area contributed by atoms with Gasteiger partial charge < -0.3 is 11.1 Å². The smallest absolute Gasteiger partial charge is 0.282 e. The predicted octanol–water partition coefficient (Wildman–Crippen LogP) is 1.37. The highest BCUT2D eigenvalue weighted by Crippen LogP contribution is 2.19. The van der Waals surface area contributed by atoms with Crippen LogP contribution < -0.4 is 11.1 Å². The molecular weight excluding hydrogens is 234 g/mol. The Labute approximate surface area is 105 Å². The lowest BCUT2D eigenvalue weighted by Gasteiger charge is -2.14. The number of nitrogens with zero attached hydrogens (tertiary/aromatic N) is 1. The molecule has 1 atom stereocenters. The van der Waals surface area contributed by atoms with E-state index in [0.29, 0.717) is 13.0 Å². The van der Waals surface area contributed by atoms with Gasteiger partial charge in [0.1, 0.15) is 5.56 Å². The second-order valence-corrected chi connectivity index (χ2v) is 4.09. The fourth-order valence-corrected chi connectivity index (χ4v) is 1.58. The molecule has 1 aromatic rings.